The summed E-state index contributed by atoms with van der Waals surface area (Å²) in [6, 6.07) is 0. The molecule has 0 spiro atoms. The summed E-state index contributed by atoms with van der Waals surface area (Å²) in [6.07, 6.45) is 6.62. The summed E-state index contributed by atoms with van der Waals surface area (Å²) in [7, 11) is -4.04. The van der Waals surface area contributed by atoms with Gasteiger partial charge in [0.2, 0.25) is 0 Å². The van der Waals surface area contributed by atoms with Crippen LogP contribution in [0.4, 0.5) is 0 Å². The summed E-state index contributed by atoms with van der Waals surface area (Å²) >= 11 is 1.58. The van der Waals surface area contributed by atoms with Gasteiger partial charge in [0.1, 0.15) is 12.7 Å². The molecule has 0 aliphatic carbocycles. The van der Waals surface area contributed by atoms with Gasteiger partial charge in [-0.1, -0.05) is 25.7 Å². The van der Waals surface area contributed by atoms with Crippen molar-refractivity contribution < 1.29 is 52.0 Å². The molecule has 1 aromatic rings. The minimum Gasteiger partial charge on any atom is -0.748 e. The Hall–Kier alpha value is 0.210. The molecule has 0 radical (unpaired) electrons. The molecule has 1 aromatic heterocycles. The molecule has 0 saturated heterocycles. The molecule has 0 aromatic carbocycles. The van der Waals surface area contributed by atoms with Gasteiger partial charge >= 0.3 is 29.6 Å². The monoisotopic (exact) mass is 356 g/mol. The Morgan fingerprint density at radius 1 is 1.09 bits per heavy atom. The molecule has 120 valence electrons. The van der Waals surface area contributed by atoms with E-state index in [2.05, 4.69) is 0 Å². The molecule has 0 N–H and O–H groups in total. The van der Waals surface area contributed by atoms with E-state index in [0.29, 0.717) is 13.0 Å². The summed E-state index contributed by atoms with van der Waals surface area (Å²) < 4.78 is 42.7. The van der Waals surface area contributed by atoms with Crippen LogP contribution in [0, 0.1) is 0 Å². The van der Waals surface area contributed by atoms with E-state index in [0.717, 1.165) is 50.0 Å². The Kier molecular flexibility index (Phi) is 9.35. The number of unbranched alkanes of at least 4 members (excludes halogenated alkanes) is 5. The van der Waals surface area contributed by atoms with E-state index in [1.807, 2.05) is 10.8 Å². The summed E-state index contributed by atoms with van der Waals surface area (Å²) in [6.45, 7) is 0.616. The zero-order valence-corrected chi connectivity index (χ0v) is 16.6. The van der Waals surface area contributed by atoms with Crippen LogP contribution in [0.25, 0.3) is 0 Å². The van der Waals surface area contributed by atoms with Crippen LogP contribution in [-0.2, 0) is 10.1 Å². The van der Waals surface area contributed by atoms with Crippen molar-refractivity contribution in [1.82, 2.24) is 0 Å². The second-order valence-corrected chi connectivity index (χ2v) is 7.59. The molecule has 1 aliphatic rings. The standard InChI is InChI=1S/C14H22O5S2.Na/c15-21(16,17)8-6-4-2-1-3-5-7-12-9-18-13-10-20-11-14(13)19-12;/h10-12H,1-9H2,(H,15,16,17);/q;+1/p-1. The molecule has 0 saturated carbocycles. The SMILES string of the molecule is O=S(=O)([O-])CCCCCCCCC1COc2cscc2O1.[Na+]. The first-order valence-corrected chi connectivity index (χ1v) is 9.86. The normalized spacial score (nSPS) is 17.0. The van der Waals surface area contributed by atoms with Crippen LogP contribution in [0.15, 0.2) is 10.8 Å². The van der Waals surface area contributed by atoms with Crippen molar-refractivity contribution in [2.24, 2.45) is 0 Å². The molecule has 0 fully saturated rings. The van der Waals surface area contributed by atoms with Gasteiger partial charge in [0, 0.05) is 16.5 Å². The molecule has 1 atom stereocenters. The molecule has 5 nitrogen and oxygen atoms in total. The van der Waals surface area contributed by atoms with Crippen LogP contribution in [0.3, 0.4) is 0 Å². The summed E-state index contributed by atoms with van der Waals surface area (Å²) in [5.74, 6) is 1.48. The van der Waals surface area contributed by atoms with Crippen LogP contribution in [-0.4, -0.2) is 31.4 Å². The fourth-order valence-corrected chi connectivity index (χ4v) is 3.59. The first kappa shape index (κ1) is 20.3. The molecular formula is C14H21NaO5S2. The summed E-state index contributed by atoms with van der Waals surface area (Å²) in [5, 5.41) is 3.92. The maximum Gasteiger partial charge on any atom is 1.00 e. The fourth-order valence-electron chi connectivity index (χ4n) is 2.36. The number of thiophene rings is 1. The maximum absolute atomic E-state index is 10.4. The predicted octanol–water partition coefficient (Wildman–Crippen LogP) is 0.168. The van der Waals surface area contributed by atoms with E-state index in [1.165, 1.54) is 0 Å². The van der Waals surface area contributed by atoms with Crippen LogP contribution >= 0.6 is 11.3 Å². The van der Waals surface area contributed by atoms with Crippen molar-refractivity contribution in [2.45, 2.75) is 51.0 Å². The van der Waals surface area contributed by atoms with E-state index < -0.39 is 10.1 Å². The van der Waals surface area contributed by atoms with Gasteiger partial charge < -0.3 is 14.0 Å². The van der Waals surface area contributed by atoms with Crippen molar-refractivity contribution in [3.05, 3.63) is 10.8 Å². The number of hydrogen-bond donors (Lipinski definition) is 0. The topological polar surface area (TPSA) is 75.7 Å². The van der Waals surface area contributed by atoms with Crippen molar-refractivity contribution in [2.75, 3.05) is 12.4 Å². The average Bonchev–Trinajstić information content (AvgIpc) is 2.88. The smallest absolute Gasteiger partial charge is 0.748 e. The van der Waals surface area contributed by atoms with E-state index in [9.17, 15) is 13.0 Å². The van der Waals surface area contributed by atoms with Crippen molar-refractivity contribution in [1.29, 1.82) is 0 Å². The maximum atomic E-state index is 10.4. The van der Waals surface area contributed by atoms with Crippen LogP contribution in [0.5, 0.6) is 11.5 Å². The van der Waals surface area contributed by atoms with Gasteiger partial charge in [-0.25, -0.2) is 8.42 Å². The zero-order chi connectivity index (χ0) is 15.1. The Bertz CT molecular complexity index is 529. The van der Waals surface area contributed by atoms with Crippen LogP contribution in [0.2, 0.25) is 0 Å². The molecule has 2 heterocycles. The molecule has 1 aliphatic heterocycles. The molecule has 0 bridgehead atoms. The third-order valence-corrected chi connectivity index (χ3v) is 4.97. The van der Waals surface area contributed by atoms with Gasteiger partial charge in [0.15, 0.2) is 11.5 Å². The molecule has 2 rings (SSSR count). The van der Waals surface area contributed by atoms with E-state index in [4.69, 9.17) is 9.47 Å². The van der Waals surface area contributed by atoms with Gasteiger partial charge in [-0.2, -0.15) is 0 Å². The van der Waals surface area contributed by atoms with Gasteiger partial charge in [0.05, 0.1) is 10.1 Å². The minimum atomic E-state index is -4.04. The Morgan fingerprint density at radius 2 is 1.73 bits per heavy atom. The van der Waals surface area contributed by atoms with E-state index in [-0.39, 0.29) is 41.4 Å². The summed E-state index contributed by atoms with van der Waals surface area (Å²) in [4.78, 5) is 0. The average molecular weight is 356 g/mol. The first-order chi connectivity index (χ1) is 10.0. The van der Waals surface area contributed by atoms with Gasteiger partial charge in [-0.3, -0.25) is 0 Å². The molecule has 22 heavy (non-hydrogen) atoms. The molecule has 0 amide bonds. The quantitative estimate of drug-likeness (QED) is 0.358. The van der Waals surface area contributed by atoms with Gasteiger partial charge in [0.25, 0.3) is 0 Å². The van der Waals surface area contributed by atoms with Crippen molar-refractivity contribution in [3.8, 4) is 11.5 Å². The van der Waals surface area contributed by atoms with Crippen molar-refractivity contribution in [3.63, 3.8) is 0 Å². The number of rotatable bonds is 9. The van der Waals surface area contributed by atoms with Crippen LogP contribution < -0.4 is 39.0 Å². The fraction of sp³-hybridized carbons (Fsp3) is 0.714. The molecular weight excluding hydrogens is 335 g/mol. The second kappa shape index (κ2) is 10.2. The third kappa shape index (κ3) is 7.66. The predicted molar refractivity (Wildman–Crippen MR) is 81.1 cm³/mol. The zero-order valence-electron chi connectivity index (χ0n) is 13.0. The second-order valence-electron chi connectivity index (χ2n) is 5.32. The Balaban J connectivity index is 0.00000242. The van der Waals surface area contributed by atoms with Gasteiger partial charge in [-0.05, 0) is 19.3 Å². The Morgan fingerprint density at radius 3 is 2.45 bits per heavy atom. The first-order valence-electron chi connectivity index (χ1n) is 7.34. The largest absolute Gasteiger partial charge is 1.00 e. The summed E-state index contributed by atoms with van der Waals surface area (Å²) in [5.41, 5.74) is 0. The molecule has 8 heteroatoms. The molecule has 1 unspecified atom stereocenters. The number of ether oxygens (including phenoxy) is 2. The van der Waals surface area contributed by atoms with Crippen molar-refractivity contribution >= 4 is 21.5 Å². The number of hydrogen-bond acceptors (Lipinski definition) is 6. The van der Waals surface area contributed by atoms with Gasteiger partial charge in [-0.15, -0.1) is 11.3 Å². The minimum absolute atomic E-state index is 0. The third-order valence-electron chi connectivity index (χ3n) is 3.48. The number of fused-ring (bicyclic) bond motifs is 1. The van der Waals surface area contributed by atoms with Crippen LogP contribution in [0.1, 0.15) is 44.9 Å². The Labute approximate surface area is 158 Å². The van der Waals surface area contributed by atoms with E-state index in [1.54, 1.807) is 11.3 Å². The van der Waals surface area contributed by atoms with E-state index >= 15 is 0 Å².